The van der Waals surface area contributed by atoms with Gasteiger partial charge in [-0.15, -0.1) is 0 Å². The molecule has 32 heavy (non-hydrogen) atoms. The van der Waals surface area contributed by atoms with Crippen molar-refractivity contribution in [1.29, 1.82) is 0 Å². The van der Waals surface area contributed by atoms with E-state index in [9.17, 15) is 4.79 Å². The van der Waals surface area contributed by atoms with Gasteiger partial charge in [0.05, 0.1) is 26.7 Å². The highest BCUT2D eigenvalue weighted by atomic mass is 35.5. The highest BCUT2D eigenvalue weighted by molar-refractivity contribution is 6.38. The van der Waals surface area contributed by atoms with Crippen LogP contribution in [0.25, 0.3) is 0 Å². The van der Waals surface area contributed by atoms with E-state index in [4.69, 9.17) is 65.7 Å². The average Bonchev–Trinajstić information content (AvgIpc) is 2.71. The molecule has 0 amide bonds. The second kappa shape index (κ2) is 11.5. The fraction of sp³-hybridized carbons (Fsp3) is 0.348. The van der Waals surface area contributed by atoms with E-state index in [1.165, 1.54) is 0 Å². The molecule has 0 saturated heterocycles. The van der Waals surface area contributed by atoms with E-state index in [1.807, 2.05) is 13.8 Å². The average molecular weight is 522 g/mol. The second-order valence-corrected chi connectivity index (χ2v) is 9.13. The Hall–Kier alpha value is -1.63. The standard InChI is InChI=1S/C23H24Cl4O5/c1-13(2)22(29)32-8-7-31-21-18(26)11-15(12-19(21)27)23(3,4)14-9-16(24)20(17(25)10-14)30-6-5-28/h9-12,28H,1,5-8H2,2-4H3. The van der Waals surface area contributed by atoms with E-state index in [0.717, 1.165) is 11.1 Å². The lowest BCUT2D eigenvalue weighted by molar-refractivity contribution is -0.139. The number of aliphatic hydroxyl groups is 1. The van der Waals surface area contributed by atoms with Gasteiger partial charge in [0.25, 0.3) is 0 Å². The van der Waals surface area contributed by atoms with E-state index >= 15 is 0 Å². The van der Waals surface area contributed by atoms with Gasteiger partial charge in [-0.05, 0) is 42.3 Å². The Morgan fingerprint density at radius 3 is 1.66 bits per heavy atom. The van der Waals surface area contributed by atoms with Crippen LogP contribution in [0.15, 0.2) is 36.4 Å². The van der Waals surface area contributed by atoms with Gasteiger partial charge in [-0.25, -0.2) is 4.79 Å². The van der Waals surface area contributed by atoms with Crippen LogP contribution in [-0.2, 0) is 14.9 Å². The number of aliphatic hydroxyl groups excluding tert-OH is 1. The zero-order valence-electron chi connectivity index (χ0n) is 17.9. The summed E-state index contributed by atoms with van der Waals surface area (Å²) in [6, 6.07) is 7.01. The van der Waals surface area contributed by atoms with Gasteiger partial charge in [-0.3, -0.25) is 0 Å². The molecule has 0 aliphatic rings. The first kappa shape index (κ1) is 26.6. The molecule has 9 heteroatoms. The van der Waals surface area contributed by atoms with Crippen LogP contribution in [0.3, 0.4) is 0 Å². The van der Waals surface area contributed by atoms with Crippen molar-refractivity contribution in [3.63, 3.8) is 0 Å². The van der Waals surface area contributed by atoms with Crippen molar-refractivity contribution < 1.29 is 24.1 Å². The fourth-order valence-corrected chi connectivity index (χ4v) is 4.03. The number of carbonyl (C=O) groups is 1. The van der Waals surface area contributed by atoms with Gasteiger partial charge in [-0.2, -0.15) is 0 Å². The Labute approximate surface area is 207 Å². The maximum absolute atomic E-state index is 11.4. The first-order valence-corrected chi connectivity index (χ1v) is 11.2. The number of hydrogen-bond donors (Lipinski definition) is 1. The van der Waals surface area contributed by atoms with E-state index in [0.29, 0.717) is 37.2 Å². The first-order valence-electron chi connectivity index (χ1n) is 9.67. The van der Waals surface area contributed by atoms with Crippen LogP contribution in [0.1, 0.15) is 31.9 Å². The number of hydrogen-bond acceptors (Lipinski definition) is 5. The molecular formula is C23H24Cl4O5. The number of rotatable bonds is 10. The lowest BCUT2D eigenvalue weighted by Gasteiger charge is -2.28. The predicted octanol–water partition coefficient (Wildman–Crippen LogP) is 6.50. The van der Waals surface area contributed by atoms with Crippen LogP contribution >= 0.6 is 46.4 Å². The Morgan fingerprint density at radius 2 is 1.28 bits per heavy atom. The normalized spacial score (nSPS) is 11.2. The fourth-order valence-electron chi connectivity index (χ4n) is 2.83. The van der Waals surface area contributed by atoms with Gasteiger partial charge in [0.1, 0.15) is 19.8 Å². The molecule has 2 rings (SSSR count). The summed E-state index contributed by atoms with van der Waals surface area (Å²) in [7, 11) is 0. The quantitative estimate of drug-likeness (QED) is 0.220. The molecule has 0 radical (unpaired) electrons. The smallest absolute Gasteiger partial charge is 0.333 e. The summed E-state index contributed by atoms with van der Waals surface area (Å²) in [5.41, 5.74) is 1.37. The maximum atomic E-state index is 11.4. The van der Waals surface area contributed by atoms with Crippen molar-refractivity contribution in [3.8, 4) is 11.5 Å². The van der Waals surface area contributed by atoms with Crippen molar-refractivity contribution in [2.45, 2.75) is 26.2 Å². The lowest BCUT2D eigenvalue weighted by Crippen LogP contribution is -2.19. The third kappa shape index (κ3) is 6.46. The molecule has 0 aliphatic carbocycles. The highest BCUT2D eigenvalue weighted by Crippen LogP contribution is 2.43. The van der Waals surface area contributed by atoms with E-state index in [1.54, 1.807) is 31.2 Å². The molecule has 0 aliphatic heterocycles. The van der Waals surface area contributed by atoms with Gasteiger partial charge < -0.3 is 19.3 Å². The largest absolute Gasteiger partial charge is 0.488 e. The summed E-state index contributed by atoms with van der Waals surface area (Å²) >= 11 is 25.6. The van der Waals surface area contributed by atoms with Gasteiger partial charge in [0, 0.05) is 11.0 Å². The molecule has 0 fully saturated rings. The summed E-state index contributed by atoms with van der Waals surface area (Å²) in [6.07, 6.45) is 0. The lowest BCUT2D eigenvalue weighted by atomic mass is 9.78. The van der Waals surface area contributed by atoms with Gasteiger partial charge in [-0.1, -0.05) is 66.8 Å². The van der Waals surface area contributed by atoms with Crippen LogP contribution in [-0.4, -0.2) is 37.5 Å². The molecule has 0 saturated carbocycles. The molecular weight excluding hydrogens is 498 g/mol. The van der Waals surface area contributed by atoms with E-state index in [-0.39, 0.29) is 26.4 Å². The zero-order chi connectivity index (χ0) is 24.1. The number of ether oxygens (including phenoxy) is 3. The molecule has 0 spiro atoms. The Kier molecular flexibility index (Phi) is 9.55. The highest BCUT2D eigenvalue weighted by Gasteiger charge is 2.27. The summed E-state index contributed by atoms with van der Waals surface area (Å²) in [5, 5.41) is 10.2. The minimum absolute atomic E-state index is 0.0350. The van der Waals surface area contributed by atoms with E-state index < -0.39 is 11.4 Å². The molecule has 0 bridgehead atoms. The van der Waals surface area contributed by atoms with Crippen molar-refractivity contribution >= 4 is 52.4 Å². The minimum atomic E-state index is -0.564. The third-order valence-corrected chi connectivity index (χ3v) is 5.81. The molecule has 0 heterocycles. The van der Waals surface area contributed by atoms with Crippen LogP contribution in [0, 0.1) is 0 Å². The molecule has 2 aromatic carbocycles. The van der Waals surface area contributed by atoms with Gasteiger partial charge in [0.2, 0.25) is 0 Å². The summed E-state index contributed by atoms with van der Waals surface area (Å²) in [5.74, 6) is 0.116. The van der Waals surface area contributed by atoms with Crippen LogP contribution in [0.2, 0.25) is 20.1 Å². The first-order chi connectivity index (χ1) is 15.0. The molecule has 2 aromatic rings. The Bertz CT molecular complexity index is 958. The van der Waals surface area contributed by atoms with E-state index in [2.05, 4.69) is 6.58 Å². The Balaban J connectivity index is 2.24. The number of benzene rings is 2. The molecule has 0 atom stereocenters. The van der Waals surface area contributed by atoms with Gasteiger partial charge >= 0.3 is 5.97 Å². The van der Waals surface area contributed by atoms with Crippen LogP contribution in [0.4, 0.5) is 0 Å². The van der Waals surface area contributed by atoms with Crippen molar-refractivity contribution in [1.82, 2.24) is 0 Å². The second-order valence-electron chi connectivity index (χ2n) is 7.50. The predicted molar refractivity (Wildman–Crippen MR) is 129 cm³/mol. The van der Waals surface area contributed by atoms with Crippen LogP contribution in [0.5, 0.6) is 11.5 Å². The van der Waals surface area contributed by atoms with Crippen LogP contribution < -0.4 is 9.47 Å². The summed E-state index contributed by atoms with van der Waals surface area (Å²) in [4.78, 5) is 11.4. The van der Waals surface area contributed by atoms with Crippen molar-refractivity contribution in [3.05, 3.63) is 67.6 Å². The van der Waals surface area contributed by atoms with Gasteiger partial charge in [0.15, 0.2) is 11.5 Å². The zero-order valence-corrected chi connectivity index (χ0v) is 21.0. The number of esters is 1. The summed E-state index contributed by atoms with van der Waals surface area (Å²) < 4.78 is 16.0. The number of halogens is 4. The summed E-state index contributed by atoms with van der Waals surface area (Å²) in [6.45, 7) is 9.08. The molecule has 0 unspecified atom stereocenters. The van der Waals surface area contributed by atoms with Crippen molar-refractivity contribution in [2.24, 2.45) is 0 Å². The molecule has 1 N–H and O–H groups in total. The molecule has 5 nitrogen and oxygen atoms in total. The third-order valence-electron chi connectivity index (χ3n) is 4.69. The molecule has 0 aromatic heterocycles. The molecule has 174 valence electrons. The Morgan fingerprint density at radius 1 is 0.875 bits per heavy atom. The maximum Gasteiger partial charge on any atom is 0.333 e. The number of carbonyl (C=O) groups excluding carboxylic acids is 1. The monoisotopic (exact) mass is 520 g/mol. The SMILES string of the molecule is C=C(C)C(=O)OCCOc1c(Cl)cc(C(C)(C)c2cc(Cl)c(OCCO)c(Cl)c2)cc1Cl. The van der Waals surface area contributed by atoms with Crippen molar-refractivity contribution in [2.75, 3.05) is 26.4 Å². The minimum Gasteiger partial charge on any atom is -0.488 e. The topological polar surface area (TPSA) is 65.0 Å².